The highest BCUT2D eigenvalue weighted by atomic mass is 79.9. The van der Waals surface area contributed by atoms with Crippen molar-refractivity contribution in [3.63, 3.8) is 0 Å². The van der Waals surface area contributed by atoms with E-state index in [0.29, 0.717) is 12.1 Å². The molecule has 3 unspecified atom stereocenters. The molecule has 1 aliphatic rings. The van der Waals surface area contributed by atoms with Crippen molar-refractivity contribution in [3.05, 3.63) is 20.8 Å². The summed E-state index contributed by atoms with van der Waals surface area (Å²) in [6.45, 7) is 5.63. The predicted molar refractivity (Wildman–Crippen MR) is 78.4 cm³/mol. The second kappa shape index (κ2) is 5.83. The van der Waals surface area contributed by atoms with Gasteiger partial charge in [0.1, 0.15) is 0 Å². The Labute approximate surface area is 116 Å². The quantitative estimate of drug-likeness (QED) is 0.919. The lowest BCUT2D eigenvalue weighted by Gasteiger charge is -2.41. The summed E-state index contributed by atoms with van der Waals surface area (Å²) in [5, 5.41) is 2.16. The van der Waals surface area contributed by atoms with Gasteiger partial charge in [0.25, 0.3) is 0 Å². The molecule has 2 heterocycles. The molecule has 0 radical (unpaired) electrons. The summed E-state index contributed by atoms with van der Waals surface area (Å²) in [4.78, 5) is 4.02. The SMILES string of the molecule is CC(N)C1CCCCN1C(C)c1cc(Br)cs1. The van der Waals surface area contributed by atoms with Gasteiger partial charge in [0.2, 0.25) is 0 Å². The number of nitrogens with two attached hydrogens (primary N) is 1. The van der Waals surface area contributed by atoms with Crippen LogP contribution in [-0.2, 0) is 0 Å². The lowest BCUT2D eigenvalue weighted by atomic mass is 9.95. The van der Waals surface area contributed by atoms with E-state index in [4.69, 9.17) is 5.73 Å². The monoisotopic (exact) mass is 316 g/mol. The molecule has 0 bridgehead atoms. The van der Waals surface area contributed by atoms with Crippen molar-refractivity contribution in [1.82, 2.24) is 4.90 Å². The third-order valence-corrected chi connectivity index (χ3v) is 5.56. The Morgan fingerprint density at radius 3 is 2.82 bits per heavy atom. The van der Waals surface area contributed by atoms with Crippen LogP contribution in [0.1, 0.15) is 44.0 Å². The highest BCUT2D eigenvalue weighted by molar-refractivity contribution is 9.10. The van der Waals surface area contributed by atoms with Crippen molar-refractivity contribution in [2.45, 2.75) is 51.2 Å². The van der Waals surface area contributed by atoms with Crippen molar-refractivity contribution in [3.8, 4) is 0 Å². The van der Waals surface area contributed by atoms with E-state index in [1.165, 1.54) is 35.2 Å². The Morgan fingerprint density at radius 1 is 1.47 bits per heavy atom. The van der Waals surface area contributed by atoms with E-state index in [9.17, 15) is 0 Å². The fourth-order valence-corrected chi connectivity index (χ4v) is 4.26. The van der Waals surface area contributed by atoms with Crippen LogP contribution in [0.3, 0.4) is 0 Å². The summed E-state index contributed by atoms with van der Waals surface area (Å²) in [5.41, 5.74) is 6.13. The van der Waals surface area contributed by atoms with Crippen molar-refractivity contribution >= 4 is 27.3 Å². The maximum absolute atomic E-state index is 6.13. The molecule has 2 nitrogen and oxygen atoms in total. The van der Waals surface area contributed by atoms with Crippen LogP contribution >= 0.6 is 27.3 Å². The summed E-state index contributed by atoms with van der Waals surface area (Å²) < 4.78 is 1.19. The molecule has 1 aliphatic heterocycles. The Kier molecular flexibility index (Phi) is 4.64. The fourth-order valence-electron chi connectivity index (χ4n) is 2.74. The maximum atomic E-state index is 6.13. The average molecular weight is 317 g/mol. The second-order valence-electron chi connectivity index (χ2n) is 5.00. The first kappa shape index (κ1) is 13.5. The van der Waals surface area contributed by atoms with Crippen molar-refractivity contribution < 1.29 is 0 Å². The van der Waals surface area contributed by atoms with Crippen LogP contribution in [0.15, 0.2) is 15.9 Å². The van der Waals surface area contributed by atoms with Crippen molar-refractivity contribution in [2.75, 3.05) is 6.54 Å². The number of thiophene rings is 1. The van der Waals surface area contributed by atoms with Crippen LogP contribution in [0.2, 0.25) is 0 Å². The number of hydrogen-bond acceptors (Lipinski definition) is 3. The molecule has 3 atom stereocenters. The van der Waals surface area contributed by atoms with Crippen LogP contribution in [0, 0.1) is 0 Å². The summed E-state index contributed by atoms with van der Waals surface area (Å²) in [6, 6.07) is 3.53. The molecule has 4 heteroatoms. The maximum Gasteiger partial charge on any atom is 0.0417 e. The number of piperidine rings is 1. The highest BCUT2D eigenvalue weighted by Crippen LogP contribution is 2.33. The number of hydrogen-bond donors (Lipinski definition) is 1. The van der Waals surface area contributed by atoms with Gasteiger partial charge in [-0.15, -0.1) is 11.3 Å². The Morgan fingerprint density at radius 2 is 2.24 bits per heavy atom. The molecule has 1 aromatic rings. The molecule has 1 saturated heterocycles. The van der Waals surface area contributed by atoms with Gasteiger partial charge in [-0.05, 0) is 55.2 Å². The van der Waals surface area contributed by atoms with E-state index in [0.717, 1.165) is 0 Å². The number of nitrogens with zero attached hydrogens (tertiary/aromatic N) is 1. The molecule has 1 fully saturated rings. The number of rotatable bonds is 3. The van der Waals surface area contributed by atoms with E-state index >= 15 is 0 Å². The van der Waals surface area contributed by atoms with Crippen molar-refractivity contribution in [1.29, 1.82) is 0 Å². The molecule has 0 saturated carbocycles. The molecule has 1 aromatic heterocycles. The van der Waals surface area contributed by atoms with Gasteiger partial charge >= 0.3 is 0 Å². The van der Waals surface area contributed by atoms with Gasteiger partial charge in [-0.3, -0.25) is 4.90 Å². The predicted octanol–water partition coefficient (Wildman–Crippen LogP) is 3.77. The van der Waals surface area contributed by atoms with Crippen LogP contribution in [-0.4, -0.2) is 23.5 Å². The molecule has 17 heavy (non-hydrogen) atoms. The lowest BCUT2D eigenvalue weighted by molar-refractivity contribution is 0.0906. The summed E-state index contributed by atoms with van der Waals surface area (Å²) >= 11 is 5.37. The highest BCUT2D eigenvalue weighted by Gasteiger charge is 2.30. The first-order valence-electron chi connectivity index (χ1n) is 6.35. The molecule has 0 aromatic carbocycles. The molecule has 0 spiro atoms. The van der Waals surface area contributed by atoms with E-state index < -0.39 is 0 Å². The summed E-state index contributed by atoms with van der Waals surface area (Å²) in [7, 11) is 0. The first-order chi connectivity index (χ1) is 8.09. The van der Waals surface area contributed by atoms with Crippen LogP contribution in [0.25, 0.3) is 0 Å². The molecule has 96 valence electrons. The van der Waals surface area contributed by atoms with Crippen molar-refractivity contribution in [2.24, 2.45) is 5.73 Å². The van der Waals surface area contributed by atoms with Gasteiger partial charge in [0.15, 0.2) is 0 Å². The topological polar surface area (TPSA) is 29.3 Å². The standard InChI is InChI=1S/C13H21BrN2S/c1-9(15)12-5-3-4-6-16(12)10(2)13-7-11(14)8-17-13/h7-10,12H,3-6,15H2,1-2H3. The Bertz CT molecular complexity index is 364. The largest absolute Gasteiger partial charge is 0.327 e. The minimum absolute atomic E-state index is 0.265. The molecule has 0 aliphatic carbocycles. The third kappa shape index (κ3) is 3.11. The third-order valence-electron chi connectivity index (χ3n) is 3.70. The Balaban J connectivity index is 2.13. The van der Waals surface area contributed by atoms with Gasteiger partial charge in [0, 0.05) is 32.9 Å². The van der Waals surface area contributed by atoms with Gasteiger partial charge in [-0.1, -0.05) is 6.42 Å². The molecular formula is C13H21BrN2S. The zero-order valence-electron chi connectivity index (χ0n) is 10.5. The van der Waals surface area contributed by atoms with Crippen LogP contribution in [0.4, 0.5) is 0 Å². The van der Waals surface area contributed by atoms with E-state index in [1.54, 1.807) is 0 Å². The van der Waals surface area contributed by atoms with Crippen LogP contribution in [0.5, 0.6) is 0 Å². The zero-order chi connectivity index (χ0) is 12.4. The van der Waals surface area contributed by atoms with Gasteiger partial charge in [0.05, 0.1) is 0 Å². The number of likely N-dealkylation sites (tertiary alicyclic amines) is 1. The van der Waals surface area contributed by atoms with E-state index in [-0.39, 0.29) is 6.04 Å². The summed E-state index contributed by atoms with van der Waals surface area (Å²) in [5.74, 6) is 0. The first-order valence-corrected chi connectivity index (χ1v) is 8.02. The minimum Gasteiger partial charge on any atom is -0.327 e. The molecule has 2 rings (SSSR count). The van der Waals surface area contributed by atoms with Crippen LogP contribution < -0.4 is 5.73 Å². The lowest BCUT2D eigenvalue weighted by Crippen LogP contribution is -2.49. The second-order valence-corrected chi connectivity index (χ2v) is 6.86. The molecule has 2 N–H and O–H groups in total. The van der Waals surface area contributed by atoms with Gasteiger partial charge in [-0.25, -0.2) is 0 Å². The van der Waals surface area contributed by atoms with Gasteiger partial charge < -0.3 is 5.73 Å². The fraction of sp³-hybridized carbons (Fsp3) is 0.692. The smallest absolute Gasteiger partial charge is 0.0417 e. The minimum atomic E-state index is 0.265. The molecular weight excluding hydrogens is 296 g/mol. The van der Waals surface area contributed by atoms with E-state index in [2.05, 4.69) is 46.1 Å². The van der Waals surface area contributed by atoms with Gasteiger partial charge in [-0.2, -0.15) is 0 Å². The average Bonchev–Trinajstić information content (AvgIpc) is 2.75. The van der Waals surface area contributed by atoms with E-state index in [1.807, 2.05) is 11.3 Å². The normalized spacial score (nSPS) is 25.8. The zero-order valence-corrected chi connectivity index (χ0v) is 12.9. The summed E-state index contributed by atoms with van der Waals surface area (Å²) in [6.07, 6.45) is 3.87. The molecule has 0 amide bonds. The Hall–Kier alpha value is 0.1000. The number of halogens is 1.